The van der Waals surface area contributed by atoms with Crippen LogP contribution in [0.15, 0.2) is 10.9 Å². The molecule has 0 aliphatic carbocycles. The highest BCUT2D eigenvalue weighted by Gasteiger charge is 2.15. The first-order valence-electron chi connectivity index (χ1n) is 5.14. The van der Waals surface area contributed by atoms with Crippen LogP contribution in [0.3, 0.4) is 0 Å². The Balaban J connectivity index is 2.52. The molecule has 0 saturated carbocycles. The molecule has 0 fully saturated rings. The summed E-state index contributed by atoms with van der Waals surface area (Å²) in [5.74, 6) is 3.76. The number of fused-ring (bicyclic) bond motifs is 1. The molecule has 2 aromatic rings. The van der Waals surface area contributed by atoms with Crippen molar-refractivity contribution in [1.29, 1.82) is 0 Å². The average molecular weight is 231 g/mol. The van der Waals surface area contributed by atoms with E-state index in [-0.39, 0.29) is 5.69 Å². The molecule has 0 aliphatic heterocycles. The second-order valence-corrected chi connectivity index (χ2v) is 4.31. The first-order valence-corrected chi connectivity index (χ1v) is 5.14. The molecule has 0 radical (unpaired) electrons. The third kappa shape index (κ3) is 1.99. The monoisotopic (exact) mass is 231 g/mol. The van der Waals surface area contributed by atoms with Crippen molar-refractivity contribution in [1.82, 2.24) is 19.6 Å². The van der Waals surface area contributed by atoms with Gasteiger partial charge in [0.1, 0.15) is 11.6 Å². The molecule has 0 aliphatic rings. The van der Waals surface area contributed by atoms with Gasteiger partial charge in [-0.3, -0.25) is 0 Å². The Morgan fingerprint density at radius 2 is 2.29 bits per heavy atom. The first-order chi connectivity index (χ1) is 7.93. The van der Waals surface area contributed by atoms with Crippen molar-refractivity contribution in [3.05, 3.63) is 22.4 Å². The third-order valence-electron chi connectivity index (χ3n) is 2.37. The lowest BCUT2D eigenvalue weighted by Gasteiger charge is -2.20. The van der Waals surface area contributed by atoms with Crippen molar-refractivity contribution >= 4 is 11.5 Å². The number of aromatic nitrogens is 4. The summed E-state index contributed by atoms with van der Waals surface area (Å²) < 4.78 is 1.40. The number of aryl methyl sites for hydroxylation is 1. The van der Waals surface area contributed by atoms with Crippen LogP contribution >= 0.6 is 0 Å². The van der Waals surface area contributed by atoms with E-state index in [4.69, 9.17) is 6.42 Å². The van der Waals surface area contributed by atoms with Crippen LogP contribution in [0.5, 0.6) is 0 Å². The lowest BCUT2D eigenvalue weighted by Crippen LogP contribution is -2.29. The molecule has 0 bridgehead atoms. The number of nitrogens with zero attached hydrogens (tertiary/aromatic N) is 3. The number of rotatable bonds is 2. The van der Waals surface area contributed by atoms with Crippen LogP contribution < -0.4 is 11.0 Å². The maximum Gasteiger partial charge on any atom is 0.349 e. The molecule has 0 aromatic carbocycles. The zero-order valence-corrected chi connectivity index (χ0v) is 9.90. The van der Waals surface area contributed by atoms with Gasteiger partial charge in [0, 0.05) is 6.07 Å². The number of H-pyrrole nitrogens is 1. The number of terminal acetylenes is 1. The minimum Gasteiger partial charge on any atom is -0.354 e. The molecular formula is C11H13N5O. The van der Waals surface area contributed by atoms with Crippen molar-refractivity contribution in [3.63, 3.8) is 0 Å². The van der Waals surface area contributed by atoms with Crippen molar-refractivity contribution in [3.8, 4) is 12.3 Å². The Morgan fingerprint density at radius 1 is 1.59 bits per heavy atom. The lowest BCUT2D eigenvalue weighted by atomic mass is 10.1. The molecule has 6 nitrogen and oxygen atoms in total. The van der Waals surface area contributed by atoms with E-state index in [9.17, 15) is 4.79 Å². The molecule has 2 heterocycles. The molecule has 0 atom stereocenters. The number of anilines is 1. The van der Waals surface area contributed by atoms with E-state index in [0.29, 0.717) is 17.3 Å². The minimum atomic E-state index is -0.506. The van der Waals surface area contributed by atoms with Crippen molar-refractivity contribution in [2.75, 3.05) is 5.32 Å². The summed E-state index contributed by atoms with van der Waals surface area (Å²) in [6.45, 7) is 5.47. The Kier molecular flexibility index (Phi) is 2.39. The molecule has 2 rings (SSSR count). The Labute approximate surface area is 98.1 Å². The van der Waals surface area contributed by atoms with E-state index < -0.39 is 5.54 Å². The molecule has 17 heavy (non-hydrogen) atoms. The van der Waals surface area contributed by atoms with Crippen LogP contribution in [0.4, 0.5) is 5.82 Å². The van der Waals surface area contributed by atoms with Gasteiger partial charge in [0.25, 0.3) is 0 Å². The fraction of sp³-hybridized carbons (Fsp3) is 0.364. The number of hydrogen-bond donors (Lipinski definition) is 2. The third-order valence-corrected chi connectivity index (χ3v) is 2.37. The maximum atomic E-state index is 11.4. The molecule has 6 heteroatoms. The summed E-state index contributed by atoms with van der Waals surface area (Å²) in [6, 6.07) is 1.67. The maximum absolute atomic E-state index is 11.4. The lowest BCUT2D eigenvalue weighted by molar-refractivity contribution is 0.733. The predicted octanol–water partition coefficient (Wildman–Crippen LogP) is 0.550. The predicted molar refractivity (Wildman–Crippen MR) is 64.9 cm³/mol. The van der Waals surface area contributed by atoms with E-state index in [2.05, 4.69) is 26.4 Å². The molecule has 2 N–H and O–H groups in total. The van der Waals surface area contributed by atoms with Crippen molar-refractivity contribution < 1.29 is 0 Å². The fourth-order valence-corrected chi connectivity index (χ4v) is 1.52. The first kappa shape index (κ1) is 11.2. The second-order valence-electron chi connectivity index (χ2n) is 4.31. The summed E-state index contributed by atoms with van der Waals surface area (Å²) in [7, 11) is 0. The standard InChI is InChI=1S/C11H13N5O/c1-5-11(3,4)13-8-6-9-14-15-10(17)16(9)7(2)12-8/h1,6,13H,2-4H3,(H,15,17). The zero-order valence-electron chi connectivity index (χ0n) is 9.90. The van der Waals surface area contributed by atoms with Gasteiger partial charge in [-0.05, 0) is 20.8 Å². The largest absolute Gasteiger partial charge is 0.354 e. The number of nitrogens with one attached hydrogen (secondary N) is 2. The summed E-state index contributed by atoms with van der Waals surface area (Å²) in [4.78, 5) is 15.7. The van der Waals surface area contributed by atoms with E-state index in [1.165, 1.54) is 4.40 Å². The normalized spacial score (nSPS) is 11.4. The van der Waals surface area contributed by atoms with E-state index in [1.54, 1.807) is 13.0 Å². The van der Waals surface area contributed by atoms with Crippen molar-refractivity contribution in [2.24, 2.45) is 0 Å². The summed E-state index contributed by atoms with van der Waals surface area (Å²) in [5, 5.41) is 9.35. The number of aromatic amines is 1. The van der Waals surface area contributed by atoms with Crippen LogP contribution in [-0.4, -0.2) is 25.1 Å². The van der Waals surface area contributed by atoms with Gasteiger partial charge in [-0.25, -0.2) is 19.3 Å². The van der Waals surface area contributed by atoms with Gasteiger partial charge in [-0.2, -0.15) is 5.10 Å². The van der Waals surface area contributed by atoms with E-state index in [1.807, 2.05) is 13.8 Å². The van der Waals surface area contributed by atoms with Gasteiger partial charge in [-0.1, -0.05) is 5.92 Å². The highest BCUT2D eigenvalue weighted by molar-refractivity contribution is 5.51. The molecule has 0 saturated heterocycles. The minimum absolute atomic E-state index is 0.298. The van der Waals surface area contributed by atoms with Crippen LogP contribution in [0.25, 0.3) is 5.65 Å². The molecule has 88 valence electrons. The van der Waals surface area contributed by atoms with Gasteiger partial charge in [-0.15, -0.1) is 6.42 Å². The Hall–Kier alpha value is -2.29. The molecule has 0 unspecified atom stereocenters. The average Bonchev–Trinajstić information content (AvgIpc) is 2.60. The highest BCUT2D eigenvalue weighted by atomic mass is 16.1. The van der Waals surface area contributed by atoms with E-state index >= 15 is 0 Å². The zero-order chi connectivity index (χ0) is 12.6. The Morgan fingerprint density at radius 3 is 2.94 bits per heavy atom. The van der Waals surface area contributed by atoms with Gasteiger partial charge in [0.15, 0.2) is 5.65 Å². The van der Waals surface area contributed by atoms with Crippen LogP contribution in [0.1, 0.15) is 19.7 Å². The highest BCUT2D eigenvalue weighted by Crippen LogP contribution is 2.13. The molecule has 0 amide bonds. The van der Waals surface area contributed by atoms with Gasteiger partial charge in [0.05, 0.1) is 5.54 Å². The van der Waals surface area contributed by atoms with E-state index in [0.717, 1.165) is 0 Å². The molecular weight excluding hydrogens is 218 g/mol. The smallest absolute Gasteiger partial charge is 0.349 e. The SMILES string of the molecule is C#CC(C)(C)Nc1cc2n[nH]c(=O)n2c(C)n1. The van der Waals surface area contributed by atoms with Gasteiger partial charge in [0.2, 0.25) is 0 Å². The summed E-state index contributed by atoms with van der Waals surface area (Å²) in [5.41, 5.74) is -0.292. The van der Waals surface area contributed by atoms with Crippen LogP contribution in [0, 0.1) is 19.3 Å². The molecule has 2 aromatic heterocycles. The van der Waals surface area contributed by atoms with Gasteiger partial charge < -0.3 is 5.32 Å². The van der Waals surface area contributed by atoms with Crippen LogP contribution in [-0.2, 0) is 0 Å². The number of hydrogen-bond acceptors (Lipinski definition) is 4. The Bertz CT molecular complexity index is 659. The second kappa shape index (κ2) is 3.63. The summed E-state index contributed by atoms with van der Waals surface area (Å²) in [6.07, 6.45) is 5.39. The fourth-order valence-electron chi connectivity index (χ4n) is 1.52. The quantitative estimate of drug-likeness (QED) is 0.740. The topological polar surface area (TPSA) is 75.1 Å². The van der Waals surface area contributed by atoms with Crippen molar-refractivity contribution in [2.45, 2.75) is 26.3 Å². The van der Waals surface area contributed by atoms with Crippen LogP contribution in [0.2, 0.25) is 0 Å². The van der Waals surface area contributed by atoms with Gasteiger partial charge >= 0.3 is 5.69 Å². The molecule has 0 spiro atoms. The summed E-state index contributed by atoms with van der Waals surface area (Å²) >= 11 is 0.